The van der Waals surface area contributed by atoms with E-state index >= 15 is 0 Å². The molecule has 1 aliphatic rings. The number of fused-ring (bicyclic) bond motifs is 1. The molecule has 1 unspecified atom stereocenters. The fraction of sp³-hybridized carbons (Fsp3) is 0.241. The van der Waals surface area contributed by atoms with Crippen LogP contribution in [-0.4, -0.2) is 40.2 Å². The van der Waals surface area contributed by atoms with Crippen LogP contribution in [0, 0.1) is 12.8 Å². The average molecular weight is 513 g/mol. The normalized spacial score (nSPS) is 15.4. The summed E-state index contributed by atoms with van der Waals surface area (Å²) in [7, 11) is 0. The number of nitrogens with one attached hydrogen (secondary N) is 2. The van der Waals surface area contributed by atoms with E-state index in [0.29, 0.717) is 23.5 Å². The molecule has 1 saturated heterocycles. The third-order valence-electron chi connectivity index (χ3n) is 6.50. The molecule has 5 rings (SSSR count). The molecule has 3 aromatic carbocycles. The van der Waals surface area contributed by atoms with Gasteiger partial charge in [-0.1, -0.05) is 6.07 Å². The van der Waals surface area contributed by atoms with Crippen LogP contribution < -0.4 is 10.6 Å². The molecule has 2 N–H and O–H groups in total. The molecule has 3 amide bonds. The van der Waals surface area contributed by atoms with Crippen molar-refractivity contribution in [2.45, 2.75) is 33.2 Å². The summed E-state index contributed by atoms with van der Waals surface area (Å²) in [6.07, 6.45) is 0.224. The fourth-order valence-electron chi connectivity index (χ4n) is 4.41. The first kappa shape index (κ1) is 24.6. The van der Waals surface area contributed by atoms with Crippen LogP contribution in [0.2, 0.25) is 0 Å². The van der Waals surface area contributed by atoms with E-state index in [1.807, 2.05) is 44.2 Å². The zero-order chi connectivity index (χ0) is 26.1. The quantitative estimate of drug-likeness (QED) is 0.346. The highest BCUT2D eigenvalue weighted by molar-refractivity contribution is 7.21. The highest BCUT2D eigenvalue weighted by atomic mass is 32.1. The van der Waals surface area contributed by atoms with Gasteiger partial charge in [-0.2, -0.15) is 0 Å². The fourth-order valence-corrected chi connectivity index (χ4v) is 5.48. The molecule has 0 bridgehead atoms. The van der Waals surface area contributed by atoms with Gasteiger partial charge in [0.1, 0.15) is 5.01 Å². The van der Waals surface area contributed by atoms with Crippen LogP contribution in [0.3, 0.4) is 0 Å². The number of carbonyl (C=O) groups is 3. The molecular formula is C29H28N4O3S. The van der Waals surface area contributed by atoms with E-state index in [0.717, 1.165) is 20.8 Å². The summed E-state index contributed by atoms with van der Waals surface area (Å²) in [5.74, 6) is -0.787. The van der Waals surface area contributed by atoms with E-state index in [-0.39, 0.29) is 36.1 Å². The Hall–Kier alpha value is -4.04. The summed E-state index contributed by atoms with van der Waals surface area (Å²) in [6, 6.07) is 20.7. The number of hydrogen-bond acceptors (Lipinski definition) is 5. The Morgan fingerprint density at radius 3 is 2.32 bits per heavy atom. The minimum Gasteiger partial charge on any atom is -0.339 e. The summed E-state index contributed by atoms with van der Waals surface area (Å²) in [5, 5.41) is 6.71. The van der Waals surface area contributed by atoms with E-state index in [4.69, 9.17) is 4.98 Å². The maximum atomic E-state index is 12.7. The van der Waals surface area contributed by atoms with Gasteiger partial charge in [-0.05, 0) is 87.0 Å². The third kappa shape index (κ3) is 5.39. The largest absolute Gasteiger partial charge is 0.339 e. The Kier molecular flexibility index (Phi) is 6.76. The second-order valence-corrected chi connectivity index (χ2v) is 10.7. The topological polar surface area (TPSA) is 91.4 Å². The number of anilines is 2. The van der Waals surface area contributed by atoms with Crippen molar-refractivity contribution in [3.63, 3.8) is 0 Å². The van der Waals surface area contributed by atoms with Crippen molar-refractivity contribution in [2.75, 3.05) is 17.2 Å². The third-order valence-corrected chi connectivity index (χ3v) is 7.57. The summed E-state index contributed by atoms with van der Waals surface area (Å²) in [5.41, 5.74) is 4.94. The van der Waals surface area contributed by atoms with Crippen LogP contribution in [0.25, 0.3) is 20.8 Å². The van der Waals surface area contributed by atoms with Crippen LogP contribution in [0.15, 0.2) is 66.7 Å². The molecule has 4 aromatic rings. The SMILES string of the molecule is Cc1ccc2nc(-c3ccc(NC(=O)c4ccc(NC(=O)C5CC(=O)N(C(C)C)C5)cc4)cc3)sc2c1. The number of rotatable bonds is 6. The molecule has 1 aliphatic heterocycles. The van der Waals surface area contributed by atoms with Crippen LogP contribution in [0.1, 0.15) is 36.2 Å². The van der Waals surface area contributed by atoms with Crippen molar-refractivity contribution in [3.8, 4) is 10.6 Å². The van der Waals surface area contributed by atoms with Crippen molar-refractivity contribution in [3.05, 3.63) is 77.9 Å². The number of nitrogens with zero attached hydrogens (tertiary/aromatic N) is 2. The monoisotopic (exact) mass is 512 g/mol. The first-order valence-electron chi connectivity index (χ1n) is 12.3. The molecule has 1 atom stereocenters. The van der Waals surface area contributed by atoms with Gasteiger partial charge in [0.25, 0.3) is 5.91 Å². The van der Waals surface area contributed by atoms with E-state index in [9.17, 15) is 14.4 Å². The van der Waals surface area contributed by atoms with Gasteiger partial charge in [0, 0.05) is 41.5 Å². The van der Waals surface area contributed by atoms with E-state index in [2.05, 4.69) is 29.7 Å². The van der Waals surface area contributed by atoms with Gasteiger partial charge in [-0.15, -0.1) is 11.3 Å². The number of aromatic nitrogens is 1. The average Bonchev–Trinajstić information content (AvgIpc) is 3.48. The summed E-state index contributed by atoms with van der Waals surface area (Å²) in [4.78, 5) is 43.9. The molecule has 1 aromatic heterocycles. The summed E-state index contributed by atoms with van der Waals surface area (Å²) < 4.78 is 1.15. The minimum absolute atomic E-state index is 0.00497. The molecule has 7 nitrogen and oxygen atoms in total. The van der Waals surface area contributed by atoms with Crippen LogP contribution in [-0.2, 0) is 9.59 Å². The molecule has 8 heteroatoms. The van der Waals surface area contributed by atoms with E-state index in [1.54, 1.807) is 40.5 Å². The Balaban J connectivity index is 1.19. The number of hydrogen-bond donors (Lipinski definition) is 2. The Morgan fingerprint density at radius 2 is 1.65 bits per heavy atom. The number of thiazole rings is 1. The second-order valence-electron chi connectivity index (χ2n) is 9.63. The molecule has 37 heavy (non-hydrogen) atoms. The van der Waals surface area contributed by atoms with Gasteiger partial charge in [0.05, 0.1) is 16.1 Å². The lowest BCUT2D eigenvalue weighted by Gasteiger charge is -2.20. The number of carbonyl (C=O) groups excluding carboxylic acids is 3. The van der Waals surface area contributed by atoms with Crippen LogP contribution in [0.5, 0.6) is 0 Å². The Bertz CT molecular complexity index is 1480. The van der Waals surface area contributed by atoms with Crippen molar-refractivity contribution in [1.29, 1.82) is 0 Å². The second kappa shape index (κ2) is 10.1. The number of aryl methyl sites for hydroxylation is 1. The maximum absolute atomic E-state index is 12.7. The molecule has 0 aliphatic carbocycles. The predicted octanol–water partition coefficient (Wildman–Crippen LogP) is 5.72. The first-order chi connectivity index (χ1) is 17.8. The van der Waals surface area contributed by atoms with Gasteiger partial charge < -0.3 is 15.5 Å². The van der Waals surface area contributed by atoms with E-state index < -0.39 is 0 Å². The first-order valence-corrected chi connectivity index (χ1v) is 13.1. The molecule has 0 spiro atoms. The zero-order valence-corrected chi connectivity index (χ0v) is 21.8. The van der Waals surface area contributed by atoms with Crippen molar-refractivity contribution in [1.82, 2.24) is 9.88 Å². The highest BCUT2D eigenvalue weighted by Crippen LogP contribution is 2.31. The standard InChI is InChI=1S/C29H28N4O3S/c1-17(2)33-16-21(15-26(33)34)28(36)31-22-9-5-19(6-10-22)27(35)30-23-11-7-20(8-12-23)29-32-24-13-4-18(3)14-25(24)37-29/h4-14,17,21H,15-16H2,1-3H3,(H,30,35)(H,31,36). The van der Waals surface area contributed by atoms with Crippen LogP contribution >= 0.6 is 11.3 Å². The van der Waals surface area contributed by atoms with Crippen LogP contribution in [0.4, 0.5) is 11.4 Å². The van der Waals surface area contributed by atoms with Gasteiger partial charge in [0.15, 0.2) is 0 Å². The number of amides is 3. The van der Waals surface area contributed by atoms with Crippen molar-refractivity contribution in [2.24, 2.45) is 5.92 Å². The number of likely N-dealkylation sites (tertiary alicyclic amines) is 1. The molecular weight excluding hydrogens is 484 g/mol. The van der Waals surface area contributed by atoms with Crippen molar-refractivity contribution < 1.29 is 14.4 Å². The van der Waals surface area contributed by atoms with Gasteiger partial charge in [-0.3, -0.25) is 14.4 Å². The number of benzene rings is 3. The lowest BCUT2D eigenvalue weighted by molar-refractivity contribution is -0.129. The molecule has 2 heterocycles. The Labute approximate surface area is 219 Å². The zero-order valence-electron chi connectivity index (χ0n) is 20.9. The Morgan fingerprint density at radius 1 is 0.973 bits per heavy atom. The lowest BCUT2D eigenvalue weighted by atomic mass is 10.1. The predicted molar refractivity (Wildman–Crippen MR) is 148 cm³/mol. The highest BCUT2D eigenvalue weighted by Gasteiger charge is 2.35. The summed E-state index contributed by atoms with van der Waals surface area (Å²) in [6.45, 7) is 6.39. The molecule has 0 saturated carbocycles. The minimum atomic E-state index is -0.368. The summed E-state index contributed by atoms with van der Waals surface area (Å²) >= 11 is 1.65. The molecule has 1 fully saturated rings. The van der Waals surface area contributed by atoms with Gasteiger partial charge in [-0.25, -0.2) is 4.98 Å². The lowest BCUT2D eigenvalue weighted by Crippen LogP contribution is -2.33. The van der Waals surface area contributed by atoms with Crippen molar-refractivity contribution >= 4 is 50.6 Å². The van der Waals surface area contributed by atoms with E-state index in [1.165, 1.54) is 5.56 Å². The maximum Gasteiger partial charge on any atom is 0.255 e. The molecule has 188 valence electrons. The molecule has 0 radical (unpaired) electrons. The smallest absolute Gasteiger partial charge is 0.255 e. The van der Waals surface area contributed by atoms with Gasteiger partial charge in [0.2, 0.25) is 11.8 Å². The van der Waals surface area contributed by atoms with Gasteiger partial charge >= 0.3 is 0 Å².